The maximum Gasteiger partial charge on any atom is 0.410 e. The fourth-order valence-corrected chi connectivity index (χ4v) is 2.83. The van der Waals surface area contributed by atoms with Gasteiger partial charge in [0, 0.05) is 31.9 Å². The first kappa shape index (κ1) is 20.5. The predicted molar refractivity (Wildman–Crippen MR) is 103 cm³/mol. The molecule has 0 saturated carbocycles. The van der Waals surface area contributed by atoms with Crippen LogP contribution < -0.4 is 0 Å². The molecule has 144 valence electrons. The summed E-state index contributed by atoms with van der Waals surface area (Å²) in [5.41, 5.74) is 2.76. The summed E-state index contributed by atoms with van der Waals surface area (Å²) >= 11 is 0. The first-order valence-electron chi connectivity index (χ1n) is 9.34. The van der Waals surface area contributed by atoms with Crippen LogP contribution in [0.5, 0.6) is 0 Å². The van der Waals surface area contributed by atoms with Gasteiger partial charge in [0.15, 0.2) is 6.29 Å². The van der Waals surface area contributed by atoms with Gasteiger partial charge in [-0.15, -0.1) is 0 Å². The molecule has 5 heteroatoms. The maximum atomic E-state index is 12.3. The number of hydrogen-bond acceptors (Lipinski definition) is 4. The largest absolute Gasteiger partial charge is 0.444 e. The Morgan fingerprint density at radius 3 is 2.27 bits per heavy atom. The van der Waals surface area contributed by atoms with E-state index in [1.165, 1.54) is 0 Å². The molecule has 0 saturated heterocycles. The summed E-state index contributed by atoms with van der Waals surface area (Å²) in [5.74, 6) is 0. The van der Waals surface area contributed by atoms with E-state index in [2.05, 4.69) is 18.2 Å². The van der Waals surface area contributed by atoms with E-state index in [0.717, 1.165) is 23.1 Å². The van der Waals surface area contributed by atoms with E-state index >= 15 is 0 Å². The topological polar surface area (TPSA) is 48.0 Å². The van der Waals surface area contributed by atoms with Crippen molar-refractivity contribution in [2.45, 2.75) is 52.9 Å². The van der Waals surface area contributed by atoms with Gasteiger partial charge in [0.05, 0.1) is 0 Å². The highest BCUT2D eigenvalue weighted by Gasteiger charge is 2.24. The second kappa shape index (κ2) is 9.19. The van der Waals surface area contributed by atoms with Crippen LogP contribution in [0.2, 0.25) is 0 Å². The van der Waals surface area contributed by atoms with Crippen LogP contribution in [0.15, 0.2) is 30.3 Å². The number of nitrogens with zero attached hydrogens (tertiary/aromatic N) is 1. The highest BCUT2D eigenvalue weighted by Crippen LogP contribution is 2.25. The number of rotatable bonds is 6. The highest BCUT2D eigenvalue weighted by molar-refractivity contribution is 5.75. The third-order valence-electron chi connectivity index (χ3n) is 3.99. The van der Waals surface area contributed by atoms with Crippen molar-refractivity contribution < 1.29 is 19.0 Å². The predicted octanol–water partition coefficient (Wildman–Crippen LogP) is 4.78. The molecule has 0 N–H and O–H groups in total. The van der Waals surface area contributed by atoms with Gasteiger partial charge in [-0.05, 0) is 52.2 Å². The number of ether oxygens (including phenoxy) is 3. The molecular formula is C21H31NO4. The molecule has 2 rings (SSSR count). The van der Waals surface area contributed by atoms with E-state index in [1.807, 2.05) is 46.8 Å². The Bertz CT molecular complexity index is 610. The highest BCUT2D eigenvalue weighted by atomic mass is 16.7. The molecule has 26 heavy (non-hydrogen) atoms. The summed E-state index contributed by atoms with van der Waals surface area (Å²) < 4.78 is 16.8. The minimum Gasteiger partial charge on any atom is -0.444 e. The minimum atomic E-state index is -0.479. The molecule has 1 aliphatic heterocycles. The van der Waals surface area contributed by atoms with Gasteiger partial charge in [0.1, 0.15) is 5.60 Å². The smallest absolute Gasteiger partial charge is 0.410 e. The lowest BCUT2D eigenvalue weighted by atomic mass is 10.00. The van der Waals surface area contributed by atoms with Crippen LogP contribution in [-0.2, 0) is 14.2 Å². The Morgan fingerprint density at radius 1 is 1.12 bits per heavy atom. The van der Waals surface area contributed by atoms with Crippen LogP contribution in [0.1, 0.15) is 58.5 Å². The average molecular weight is 361 g/mol. The van der Waals surface area contributed by atoms with Crippen LogP contribution in [0.25, 0.3) is 5.57 Å². The van der Waals surface area contributed by atoms with Crippen LogP contribution in [0.4, 0.5) is 4.79 Å². The second-order valence-corrected chi connectivity index (χ2v) is 7.28. The normalized spacial score (nSPS) is 15.2. The molecule has 1 aromatic carbocycles. The number of amides is 1. The number of carbonyl (C=O) groups is 1. The molecule has 0 fully saturated rings. The molecule has 0 aliphatic carbocycles. The monoisotopic (exact) mass is 361 g/mol. The third kappa shape index (κ3) is 5.85. The standard InChI is InChI=1S/C21H31NO4/c1-6-24-19(25-7-2)17-12-10-16(11-13-17)18-9-8-14-22(15-18)20(23)26-21(3,4)5/h9-13,19H,6-8,14-15H2,1-5H3. The van der Waals surface area contributed by atoms with Gasteiger partial charge < -0.3 is 19.1 Å². The lowest BCUT2D eigenvalue weighted by Crippen LogP contribution is -2.39. The molecule has 0 aromatic heterocycles. The van der Waals surface area contributed by atoms with Gasteiger partial charge in [-0.1, -0.05) is 30.3 Å². The van der Waals surface area contributed by atoms with Crippen molar-refractivity contribution in [3.05, 3.63) is 41.5 Å². The fraction of sp³-hybridized carbons (Fsp3) is 0.571. The van der Waals surface area contributed by atoms with Gasteiger partial charge in [-0.2, -0.15) is 0 Å². The number of benzene rings is 1. The fourth-order valence-electron chi connectivity index (χ4n) is 2.83. The van der Waals surface area contributed by atoms with Gasteiger partial charge in [-0.25, -0.2) is 4.79 Å². The molecule has 1 heterocycles. The molecular weight excluding hydrogens is 330 g/mol. The zero-order valence-corrected chi connectivity index (χ0v) is 16.6. The SMILES string of the molecule is CCOC(OCC)c1ccc(C2=CCCN(C(=O)OC(C)(C)C)C2)cc1. The van der Waals surface area contributed by atoms with E-state index in [1.54, 1.807) is 4.90 Å². The lowest BCUT2D eigenvalue weighted by molar-refractivity contribution is -0.140. The van der Waals surface area contributed by atoms with Gasteiger partial charge in [-0.3, -0.25) is 0 Å². The van der Waals surface area contributed by atoms with Crippen LogP contribution in [0, 0.1) is 0 Å². The zero-order valence-electron chi connectivity index (χ0n) is 16.6. The van der Waals surface area contributed by atoms with Crippen LogP contribution in [-0.4, -0.2) is 42.9 Å². The molecule has 0 bridgehead atoms. The Kier molecular flexibility index (Phi) is 7.23. The second-order valence-electron chi connectivity index (χ2n) is 7.28. The molecule has 0 unspecified atom stereocenters. The summed E-state index contributed by atoms with van der Waals surface area (Å²) in [4.78, 5) is 14.1. The molecule has 1 amide bonds. The Morgan fingerprint density at radius 2 is 1.73 bits per heavy atom. The summed E-state index contributed by atoms with van der Waals surface area (Å²) in [5, 5.41) is 0. The summed E-state index contributed by atoms with van der Waals surface area (Å²) in [7, 11) is 0. The maximum absolute atomic E-state index is 12.3. The van der Waals surface area contributed by atoms with E-state index < -0.39 is 5.60 Å². The van der Waals surface area contributed by atoms with Crippen LogP contribution >= 0.6 is 0 Å². The zero-order chi connectivity index (χ0) is 19.2. The van der Waals surface area contributed by atoms with E-state index in [0.29, 0.717) is 26.3 Å². The number of carbonyl (C=O) groups excluding carboxylic acids is 1. The van der Waals surface area contributed by atoms with Crippen molar-refractivity contribution in [3.63, 3.8) is 0 Å². The van der Waals surface area contributed by atoms with E-state index in [-0.39, 0.29) is 12.4 Å². The molecule has 1 aliphatic rings. The number of hydrogen-bond donors (Lipinski definition) is 0. The molecule has 1 aromatic rings. The van der Waals surface area contributed by atoms with Gasteiger partial charge in [0.2, 0.25) is 0 Å². The minimum absolute atomic E-state index is 0.257. The molecule has 0 radical (unpaired) electrons. The molecule has 0 spiro atoms. The van der Waals surface area contributed by atoms with Gasteiger partial charge >= 0.3 is 6.09 Å². The average Bonchev–Trinajstić information content (AvgIpc) is 2.60. The van der Waals surface area contributed by atoms with Crippen molar-refractivity contribution in [2.75, 3.05) is 26.3 Å². The van der Waals surface area contributed by atoms with Gasteiger partial charge in [0.25, 0.3) is 0 Å². The quantitative estimate of drug-likeness (QED) is 0.684. The molecule has 5 nitrogen and oxygen atoms in total. The summed E-state index contributed by atoms with van der Waals surface area (Å²) in [6.45, 7) is 12.0. The van der Waals surface area contributed by atoms with E-state index in [4.69, 9.17) is 14.2 Å². The lowest BCUT2D eigenvalue weighted by Gasteiger charge is -2.30. The van der Waals surface area contributed by atoms with Crippen molar-refractivity contribution in [3.8, 4) is 0 Å². The van der Waals surface area contributed by atoms with Crippen molar-refractivity contribution in [2.24, 2.45) is 0 Å². The van der Waals surface area contributed by atoms with E-state index in [9.17, 15) is 4.79 Å². The van der Waals surface area contributed by atoms with Crippen molar-refractivity contribution in [1.82, 2.24) is 4.90 Å². The van der Waals surface area contributed by atoms with Crippen LogP contribution in [0.3, 0.4) is 0 Å². The summed E-state index contributed by atoms with van der Waals surface area (Å²) in [6.07, 6.45) is 2.43. The first-order chi connectivity index (χ1) is 12.3. The Balaban J connectivity index is 2.06. The third-order valence-corrected chi connectivity index (χ3v) is 3.99. The summed E-state index contributed by atoms with van der Waals surface area (Å²) in [6, 6.07) is 8.17. The van der Waals surface area contributed by atoms with Crippen molar-refractivity contribution >= 4 is 11.7 Å². The Hall–Kier alpha value is -1.85. The van der Waals surface area contributed by atoms with Crippen molar-refractivity contribution in [1.29, 1.82) is 0 Å². The first-order valence-corrected chi connectivity index (χ1v) is 9.34. The Labute approximate surface area is 156 Å². The molecule has 0 atom stereocenters.